The maximum absolute atomic E-state index is 10.4. The van der Waals surface area contributed by atoms with Gasteiger partial charge in [0.05, 0.1) is 13.2 Å². The van der Waals surface area contributed by atoms with Crippen molar-refractivity contribution in [2.75, 3.05) is 13.2 Å². The molecule has 56 valence electrons. The van der Waals surface area contributed by atoms with Crippen LogP contribution >= 0.6 is 0 Å². The summed E-state index contributed by atoms with van der Waals surface area (Å²) < 4.78 is 5.11. The Kier molecular flexibility index (Phi) is 2.45. The number of nitrogens with two attached hydrogens (primary N) is 1. The van der Waals surface area contributed by atoms with Gasteiger partial charge in [0.2, 0.25) is 5.91 Å². The minimum atomic E-state index is -0.281. The van der Waals surface area contributed by atoms with Gasteiger partial charge in [0.25, 0.3) is 0 Å². The molecule has 10 heavy (non-hydrogen) atoms. The normalized spacial score (nSPS) is 18.2. The highest BCUT2D eigenvalue weighted by Gasteiger charge is 2.05. The molecule has 0 radical (unpaired) electrons. The molecule has 3 heteroatoms. The van der Waals surface area contributed by atoms with Crippen molar-refractivity contribution in [2.45, 2.75) is 12.8 Å². The molecule has 0 saturated heterocycles. The Balaban J connectivity index is 2.38. The lowest BCUT2D eigenvalue weighted by Crippen LogP contribution is -2.15. The Bertz CT molecular complexity index is 163. The van der Waals surface area contributed by atoms with Gasteiger partial charge in [-0.2, -0.15) is 0 Å². The third-order valence-corrected chi connectivity index (χ3v) is 1.38. The van der Waals surface area contributed by atoms with E-state index in [9.17, 15) is 4.79 Å². The minimum absolute atomic E-state index is 0.281. The van der Waals surface area contributed by atoms with Crippen LogP contribution in [0, 0.1) is 0 Å². The fraction of sp³-hybridized carbons (Fsp3) is 0.571. The Morgan fingerprint density at radius 1 is 1.80 bits per heavy atom. The van der Waals surface area contributed by atoms with Crippen LogP contribution in [0.3, 0.4) is 0 Å². The molecule has 0 spiro atoms. The van der Waals surface area contributed by atoms with E-state index in [0.717, 1.165) is 18.6 Å². The van der Waals surface area contributed by atoms with E-state index < -0.39 is 0 Å². The van der Waals surface area contributed by atoms with Crippen molar-refractivity contribution in [1.29, 1.82) is 0 Å². The lowest BCUT2D eigenvalue weighted by molar-refractivity contribution is -0.117. The van der Waals surface area contributed by atoms with E-state index in [1.807, 2.05) is 6.08 Å². The predicted octanol–water partition coefficient (Wildman–Crippen LogP) is 0.208. The van der Waals surface area contributed by atoms with Gasteiger partial charge in [-0.15, -0.1) is 0 Å². The Morgan fingerprint density at radius 2 is 2.60 bits per heavy atom. The van der Waals surface area contributed by atoms with Crippen LogP contribution in [0.5, 0.6) is 0 Å². The number of rotatable bonds is 2. The molecular formula is C7H11NO2. The summed E-state index contributed by atoms with van der Waals surface area (Å²) in [5, 5.41) is 0. The quantitative estimate of drug-likeness (QED) is 0.559. The lowest BCUT2D eigenvalue weighted by Gasteiger charge is -2.11. The first-order chi connectivity index (χ1) is 4.79. The average molecular weight is 141 g/mol. The highest BCUT2D eigenvalue weighted by Crippen LogP contribution is 2.08. The first-order valence-corrected chi connectivity index (χ1v) is 3.33. The highest BCUT2D eigenvalue weighted by atomic mass is 16.5. The second-order valence-electron chi connectivity index (χ2n) is 2.35. The summed E-state index contributed by atoms with van der Waals surface area (Å²) >= 11 is 0. The molecule has 0 fully saturated rings. The van der Waals surface area contributed by atoms with Gasteiger partial charge in [-0.3, -0.25) is 4.79 Å². The average Bonchev–Trinajstić information content (AvgIpc) is 1.88. The van der Waals surface area contributed by atoms with Gasteiger partial charge in [-0.25, -0.2) is 0 Å². The Morgan fingerprint density at radius 3 is 3.10 bits per heavy atom. The van der Waals surface area contributed by atoms with E-state index in [2.05, 4.69) is 0 Å². The van der Waals surface area contributed by atoms with Crippen LogP contribution < -0.4 is 5.73 Å². The van der Waals surface area contributed by atoms with Crippen LogP contribution in [0.15, 0.2) is 11.6 Å². The zero-order valence-electron chi connectivity index (χ0n) is 5.80. The summed E-state index contributed by atoms with van der Waals surface area (Å²) in [6.07, 6.45) is 3.27. The molecule has 0 atom stereocenters. The molecule has 3 nitrogen and oxygen atoms in total. The largest absolute Gasteiger partial charge is 0.377 e. The zero-order valence-corrected chi connectivity index (χ0v) is 5.80. The second-order valence-corrected chi connectivity index (χ2v) is 2.35. The number of carbonyl (C=O) groups excluding carboxylic acids is 1. The van der Waals surface area contributed by atoms with Gasteiger partial charge in [0.1, 0.15) is 0 Å². The van der Waals surface area contributed by atoms with Crippen molar-refractivity contribution in [3.8, 4) is 0 Å². The van der Waals surface area contributed by atoms with Crippen molar-refractivity contribution in [1.82, 2.24) is 0 Å². The third kappa shape index (κ3) is 2.19. The fourth-order valence-corrected chi connectivity index (χ4v) is 0.956. The SMILES string of the molecule is NC(=O)CC1=CCCOC1. The second kappa shape index (κ2) is 3.37. The third-order valence-electron chi connectivity index (χ3n) is 1.38. The van der Waals surface area contributed by atoms with Crippen LogP contribution in [-0.4, -0.2) is 19.1 Å². The standard InChI is InChI=1S/C7H11NO2/c8-7(9)4-6-2-1-3-10-5-6/h2H,1,3-5H2,(H2,8,9). The van der Waals surface area contributed by atoms with Crippen molar-refractivity contribution in [3.05, 3.63) is 11.6 Å². The molecular weight excluding hydrogens is 130 g/mol. The summed E-state index contributed by atoms with van der Waals surface area (Å²) in [6.45, 7) is 1.34. The number of hydrogen-bond acceptors (Lipinski definition) is 2. The van der Waals surface area contributed by atoms with Crippen LogP contribution in [0.25, 0.3) is 0 Å². The minimum Gasteiger partial charge on any atom is -0.377 e. The summed E-state index contributed by atoms with van der Waals surface area (Å²) in [5.41, 5.74) is 6.00. The van der Waals surface area contributed by atoms with Gasteiger partial charge in [-0.05, 0) is 12.0 Å². The summed E-state index contributed by atoms with van der Waals surface area (Å²) in [4.78, 5) is 10.4. The number of carbonyl (C=O) groups is 1. The molecule has 0 bridgehead atoms. The predicted molar refractivity (Wildman–Crippen MR) is 37.3 cm³/mol. The van der Waals surface area contributed by atoms with Crippen LogP contribution in [0.2, 0.25) is 0 Å². The van der Waals surface area contributed by atoms with Crippen LogP contribution in [0.4, 0.5) is 0 Å². The monoisotopic (exact) mass is 141 g/mol. The molecule has 1 amide bonds. The first kappa shape index (κ1) is 7.28. The highest BCUT2D eigenvalue weighted by molar-refractivity contribution is 5.76. The van der Waals surface area contributed by atoms with E-state index >= 15 is 0 Å². The zero-order chi connectivity index (χ0) is 7.40. The van der Waals surface area contributed by atoms with Gasteiger partial charge >= 0.3 is 0 Å². The van der Waals surface area contributed by atoms with Crippen molar-refractivity contribution >= 4 is 5.91 Å². The topological polar surface area (TPSA) is 52.3 Å². The van der Waals surface area contributed by atoms with Gasteiger partial charge in [-0.1, -0.05) is 6.08 Å². The molecule has 2 N–H and O–H groups in total. The lowest BCUT2D eigenvalue weighted by atomic mass is 10.1. The molecule has 0 aromatic rings. The van der Waals surface area contributed by atoms with Gasteiger partial charge in [0, 0.05) is 6.42 Å². The van der Waals surface area contributed by atoms with E-state index in [1.54, 1.807) is 0 Å². The maximum Gasteiger partial charge on any atom is 0.221 e. The molecule has 0 saturated carbocycles. The number of hydrogen-bond donors (Lipinski definition) is 1. The number of primary amides is 1. The fourth-order valence-electron chi connectivity index (χ4n) is 0.956. The molecule has 1 aliphatic rings. The van der Waals surface area contributed by atoms with E-state index in [1.165, 1.54) is 0 Å². The van der Waals surface area contributed by atoms with E-state index in [0.29, 0.717) is 13.0 Å². The maximum atomic E-state index is 10.4. The Labute approximate surface area is 59.8 Å². The summed E-state index contributed by atoms with van der Waals surface area (Å²) in [7, 11) is 0. The molecule has 0 aromatic carbocycles. The molecule has 0 aromatic heterocycles. The van der Waals surface area contributed by atoms with Crippen molar-refractivity contribution < 1.29 is 9.53 Å². The van der Waals surface area contributed by atoms with E-state index in [4.69, 9.17) is 10.5 Å². The molecule has 1 rings (SSSR count). The van der Waals surface area contributed by atoms with Crippen LogP contribution in [-0.2, 0) is 9.53 Å². The molecule has 0 unspecified atom stereocenters. The van der Waals surface area contributed by atoms with Gasteiger partial charge < -0.3 is 10.5 Å². The molecule has 0 aliphatic carbocycles. The van der Waals surface area contributed by atoms with Crippen molar-refractivity contribution in [2.24, 2.45) is 5.73 Å². The Hall–Kier alpha value is -0.830. The smallest absolute Gasteiger partial charge is 0.221 e. The summed E-state index contributed by atoms with van der Waals surface area (Å²) in [5.74, 6) is -0.281. The van der Waals surface area contributed by atoms with E-state index in [-0.39, 0.29) is 5.91 Å². The van der Waals surface area contributed by atoms with Crippen molar-refractivity contribution in [3.63, 3.8) is 0 Å². The molecule has 1 aliphatic heterocycles. The summed E-state index contributed by atoms with van der Waals surface area (Å²) in [6, 6.07) is 0. The first-order valence-electron chi connectivity index (χ1n) is 3.33. The van der Waals surface area contributed by atoms with Gasteiger partial charge in [0.15, 0.2) is 0 Å². The van der Waals surface area contributed by atoms with Crippen LogP contribution in [0.1, 0.15) is 12.8 Å². The molecule has 1 heterocycles. The number of amides is 1. The number of ether oxygens (including phenoxy) is 1.